The Morgan fingerprint density at radius 2 is 1.95 bits per heavy atom. The van der Waals surface area contributed by atoms with Gasteiger partial charge in [-0.1, -0.05) is 13.0 Å². The highest BCUT2D eigenvalue weighted by Gasteiger charge is 2.24. The molecule has 0 aliphatic heterocycles. The maximum Gasteiger partial charge on any atom is 0.326 e. The lowest BCUT2D eigenvalue weighted by Crippen LogP contribution is -2.42. The van der Waals surface area contributed by atoms with Crippen molar-refractivity contribution in [3.05, 3.63) is 29.3 Å². The monoisotopic (exact) mass is 309 g/mol. The maximum absolute atomic E-state index is 12.0. The first-order valence-electron chi connectivity index (χ1n) is 7.05. The Hall–Kier alpha value is -1.49. The van der Waals surface area contributed by atoms with Gasteiger partial charge in [0.2, 0.25) is 5.91 Å². The molecule has 0 bridgehead atoms. The van der Waals surface area contributed by atoms with Crippen LogP contribution < -0.4 is 0 Å². The average molecular weight is 309 g/mol. The molecule has 1 rings (SSSR count). The average Bonchev–Trinajstić information content (AvgIpc) is 2.42. The molecule has 0 saturated heterocycles. The van der Waals surface area contributed by atoms with Gasteiger partial charge in [0.15, 0.2) is 0 Å². The molecule has 0 heterocycles. The third-order valence-electron chi connectivity index (χ3n) is 3.60. The van der Waals surface area contributed by atoms with E-state index < -0.39 is 12.0 Å². The van der Waals surface area contributed by atoms with Crippen LogP contribution in [0.1, 0.15) is 30.9 Å². The Bertz CT molecular complexity index is 516. The highest BCUT2D eigenvalue weighted by Crippen LogP contribution is 2.22. The zero-order chi connectivity index (χ0) is 16.0. The molecule has 0 aliphatic carbocycles. The zero-order valence-electron chi connectivity index (χ0n) is 13.0. The summed E-state index contributed by atoms with van der Waals surface area (Å²) >= 11 is 1.62. The quantitative estimate of drug-likeness (QED) is 0.786. The first-order valence-corrected chi connectivity index (χ1v) is 8.03. The minimum atomic E-state index is -0.949. The molecule has 1 unspecified atom stereocenters. The molecule has 1 atom stereocenters. The van der Waals surface area contributed by atoms with E-state index in [-0.39, 0.29) is 5.91 Å². The van der Waals surface area contributed by atoms with Gasteiger partial charge in [0.1, 0.15) is 6.04 Å². The third-order valence-corrected chi connectivity index (χ3v) is 4.59. The first kappa shape index (κ1) is 17.6. The fourth-order valence-corrected chi connectivity index (χ4v) is 2.96. The Balaban J connectivity index is 2.49. The highest BCUT2D eigenvalue weighted by atomic mass is 32.2. The van der Waals surface area contributed by atoms with Crippen LogP contribution in [0.25, 0.3) is 0 Å². The van der Waals surface area contributed by atoms with E-state index in [0.29, 0.717) is 18.6 Å². The smallest absolute Gasteiger partial charge is 0.326 e. The summed E-state index contributed by atoms with van der Waals surface area (Å²) in [4.78, 5) is 25.5. The summed E-state index contributed by atoms with van der Waals surface area (Å²) in [5.41, 5.74) is 2.49. The number of benzene rings is 1. The standard InChI is InChI=1S/C16H23NO3S/c1-5-14(16(19)20)17(4)15(18)8-9-21-13-7-6-11(2)12(3)10-13/h6-7,10,14H,5,8-9H2,1-4H3,(H,19,20). The van der Waals surface area contributed by atoms with Gasteiger partial charge < -0.3 is 10.0 Å². The topological polar surface area (TPSA) is 57.6 Å². The number of carboxylic acids is 1. The number of aliphatic carboxylic acids is 1. The van der Waals surface area contributed by atoms with E-state index in [2.05, 4.69) is 26.0 Å². The lowest BCUT2D eigenvalue weighted by atomic mass is 10.1. The number of amides is 1. The van der Waals surface area contributed by atoms with E-state index in [0.717, 1.165) is 4.90 Å². The van der Waals surface area contributed by atoms with Crippen LogP contribution in [0.15, 0.2) is 23.1 Å². The van der Waals surface area contributed by atoms with Crippen molar-refractivity contribution in [2.24, 2.45) is 0 Å². The second-order valence-electron chi connectivity index (χ2n) is 5.11. The van der Waals surface area contributed by atoms with Gasteiger partial charge in [0.05, 0.1) is 0 Å². The van der Waals surface area contributed by atoms with E-state index in [9.17, 15) is 9.59 Å². The van der Waals surface area contributed by atoms with Gasteiger partial charge in [-0.05, 0) is 43.5 Å². The van der Waals surface area contributed by atoms with E-state index in [4.69, 9.17) is 5.11 Å². The molecule has 0 spiro atoms. The van der Waals surface area contributed by atoms with Crippen molar-refractivity contribution < 1.29 is 14.7 Å². The molecular formula is C16H23NO3S. The maximum atomic E-state index is 12.0. The van der Waals surface area contributed by atoms with E-state index in [1.54, 1.807) is 25.7 Å². The van der Waals surface area contributed by atoms with Crippen molar-refractivity contribution in [2.75, 3.05) is 12.8 Å². The highest BCUT2D eigenvalue weighted by molar-refractivity contribution is 7.99. The molecule has 0 aromatic heterocycles. The van der Waals surface area contributed by atoms with Gasteiger partial charge in [-0.3, -0.25) is 4.79 Å². The molecule has 0 saturated carbocycles. The molecule has 1 aromatic rings. The lowest BCUT2D eigenvalue weighted by Gasteiger charge is -2.23. The largest absolute Gasteiger partial charge is 0.480 e. The number of carbonyl (C=O) groups is 2. The van der Waals surface area contributed by atoms with Crippen molar-refractivity contribution in [1.82, 2.24) is 4.90 Å². The van der Waals surface area contributed by atoms with Crippen LogP contribution in [0.2, 0.25) is 0 Å². The van der Waals surface area contributed by atoms with Gasteiger partial charge in [-0.15, -0.1) is 11.8 Å². The first-order chi connectivity index (χ1) is 9.86. The summed E-state index contributed by atoms with van der Waals surface area (Å²) < 4.78 is 0. The Labute approximate surface area is 130 Å². The second-order valence-corrected chi connectivity index (χ2v) is 6.28. The summed E-state index contributed by atoms with van der Waals surface area (Å²) in [5.74, 6) is -0.419. The van der Waals surface area contributed by atoms with Gasteiger partial charge in [0.25, 0.3) is 0 Å². The van der Waals surface area contributed by atoms with Crippen LogP contribution in [-0.2, 0) is 9.59 Å². The number of hydrogen-bond acceptors (Lipinski definition) is 3. The second kappa shape index (κ2) is 8.08. The lowest BCUT2D eigenvalue weighted by molar-refractivity contribution is -0.149. The number of carboxylic acid groups (broad SMARTS) is 1. The van der Waals surface area contributed by atoms with E-state index in [1.165, 1.54) is 16.0 Å². The van der Waals surface area contributed by atoms with Gasteiger partial charge in [-0.2, -0.15) is 0 Å². The van der Waals surface area contributed by atoms with Crippen molar-refractivity contribution in [2.45, 2.75) is 44.6 Å². The summed E-state index contributed by atoms with van der Waals surface area (Å²) in [6.45, 7) is 5.91. The van der Waals surface area contributed by atoms with Crippen LogP contribution in [0.3, 0.4) is 0 Å². The number of thioether (sulfide) groups is 1. The van der Waals surface area contributed by atoms with Crippen LogP contribution >= 0.6 is 11.8 Å². The molecule has 4 nitrogen and oxygen atoms in total. The minimum Gasteiger partial charge on any atom is -0.480 e. The van der Waals surface area contributed by atoms with Crippen LogP contribution in [0, 0.1) is 13.8 Å². The van der Waals surface area contributed by atoms with Gasteiger partial charge in [0, 0.05) is 24.1 Å². The Morgan fingerprint density at radius 3 is 2.48 bits per heavy atom. The molecule has 21 heavy (non-hydrogen) atoms. The summed E-state index contributed by atoms with van der Waals surface area (Å²) in [7, 11) is 1.56. The Morgan fingerprint density at radius 1 is 1.29 bits per heavy atom. The number of hydrogen-bond donors (Lipinski definition) is 1. The summed E-state index contributed by atoms with van der Waals surface area (Å²) in [5, 5.41) is 9.05. The molecule has 1 amide bonds. The third kappa shape index (κ3) is 5.08. The number of aryl methyl sites for hydroxylation is 2. The Kier molecular flexibility index (Phi) is 6.75. The van der Waals surface area contributed by atoms with Crippen molar-refractivity contribution >= 4 is 23.6 Å². The van der Waals surface area contributed by atoms with Crippen molar-refractivity contribution in [3.8, 4) is 0 Å². The SMILES string of the molecule is CCC(C(=O)O)N(C)C(=O)CCSc1ccc(C)c(C)c1. The van der Waals surface area contributed by atoms with Crippen molar-refractivity contribution in [3.63, 3.8) is 0 Å². The van der Waals surface area contributed by atoms with Crippen molar-refractivity contribution in [1.29, 1.82) is 0 Å². The van der Waals surface area contributed by atoms with E-state index >= 15 is 0 Å². The summed E-state index contributed by atoms with van der Waals surface area (Å²) in [6.07, 6.45) is 0.764. The van der Waals surface area contributed by atoms with E-state index in [1.807, 2.05) is 6.07 Å². The predicted molar refractivity (Wildman–Crippen MR) is 85.7 cm³/mol. The van der Waals surface area contributed by atoms with Gasteiger partial charge in [-0.25, -0.2) is 4.79 Å². The fourth-order valence-electron chi connectivity index (χ4n) is 2.02. The fraction of sp³-hybridized carbons (Fsp3) is 0.500. The number of likely N-dealkylation sites (N-methyl/N-ethyl adjacent to an activating group) is 1. The van der Waals surface area contributed by atoms with Crippen LogP contribution in [0.4, 0.5) is 0 Å². The molecule has 1 N–H and O–H groups in total. The van der Waals surface area contributed by atoms with Gasteiger partial charge >= 0.3 is 5.97 Å². The number of carbonyl (C=O) groups excluding carboxylic acids is 1. The predicted octanol–water partition coefficient (Wildman–Crippen LogP) is 3.11. The molecule has 116 valence electrons. The van der Waals surface area contributed by atoms with Crippen LogP contribution in [0.5, 0.6) is 0 Å². The normalized spacial score (nSPS) is 12.0. The number of nitrogens with zero attached hydrogens (tertiary/aromatic N) is 1. The number of rotatable bonds is 7. The molecule has 1 aromatic carbocycles. The molecule has 0 radical (unpaired) electrons. The minimum absolute atomic E-state index is 0.124. The van der Waals surface area contributed by atoms with Crippen LogP contribution in [-0.4, -0.2) is 40.7 Å². The molecule has 5 heteroatoms. The molecular weight excluding hydrogens is 286 g/mol. The zero-order valence-corrected chi connectivity index (χ0v) is 13.9. The summed E-state index contributed by atoms with van der Waals surface area (Å²) in [6, 6.07) is 5.50. The molecule has 0 fully saturated rings. The molecule has 0 aliphatic rings.